The summed E-state index contributed by atoms with van der Waals surface area (Å²) >= 11 is 0. The monoisotopic (exact) mass is 586 g/mol. The fraction of sp³-hybridized carbons (Fsp3) is 0.303. The number of ether oxygens (including phenoxy) is 6. The van der Waals surface area contributed by atoms with E-state index >= 15 is 0 Å². The van der Waals surface area contributed by atoms with Gasteiger partial charge in [0.25, 0.3) is 0 Å². The highest BCUT2D eigenvalue weighted by Crippen LogP contribution is 2.52. The summed E-state index contributed by atoms with van der Waals surface area (Å²) in [7, 11) is 1.55. The van der Waals surface area contributed by atoms with E-state index in [0.29, 0.717) is 57.3 Å². The molecule has 43 heavy (non-hydrogen) atoms. The third kappa shape index (κ3) is 4.54. The van der Waals surface area contributed by atoms with E-state index in [1.807, 2.05) is 45.9 Å². The lowest BCUT2D eigenvalue weighted by Crippen LogP contribution is -2.39. The number of furan rings is 2. The van der Waals surface area contributed by atoms with Crippen LogP contribution < -0.4 is 24.6 Å². The molecule has 1 fully saturated rings. The summed E-state index contributed by atoms with van der Waals surface area (Å²) in [5, 5.41) is 2.14. The second kappa shape index (κ2) is 9.96. The molecule has 3 aromatic heterocycles. The Kier molecular flexibility index (Phi) is 6.30. The Morgan fingerprint density at radius 3 is 2.56 bits per heavy atom. The van der Waals surface area contributed by atoms with Crippen LogP contribution in [0.5, 0.6) is 23.0 Å². The van der Waals surface area contributed by atoms with Gasteiger partial charge in [0.1, 0.15) is 42.0 Å². The van der Waals surface area contributed by atoms with Gasteiger partial charge in [-0.3, -0.25) is 0 Å². The van der Waals surface area contributed by atoms with Crippen molar-refractivity contribution in [2.45, 2.75) is 45.4 Å². The van der Waals surface area contributed by atoms with E-state index in [0.717, 1.165) is 16.3 Å². The average Bonchev–Trinajstić information content (AvgIpc) is 3.68. The van der Waals surface area contributed by atoms with Crippen LogP contribution in [0.25, 0.3) is 39.0 Å². The molecule has 2 aliphatic heterocycles. The van der Waals surface area contributed by atoms with Crippen LogP contribution in [0.1, 0.15) is 33.3 Å². The Morgan fingerprint density at radius 1 is 0.953 bits per heavy atom. The van der Waals surface area contributed by atoms with Crippen LogP contribution in [0.3, 0.4) is 0 Å². The highest BCUT2D eigenvalue weighted by Gasteiger charge is 2.55. The van der Waals surface area contributed by atoms with Gasteiger partial charge in [0.15, 0.2) is 11.3 Å². The molecule has 7 rings (SSSR count). The van der Waals surface area contributed by atoms with Crippen LogP contribution >= 0.6 is 0 Å². The lowest BCUT2D eigenvalue weighted by atomic mass is 10.0. The molecule has 1 spiro atoms. The van der Waals surface area contributed by atoms with Gasteiger partial charge in [0, 0.05) is 18.2 Å². The van der Waals surface area contributed by atoms with Crippen molar-refractivity contribution in [1.82, 2.24) is 0 Å². The third-order valence-electron chi connectivity index (χ3n) is 7.61. The minimum Gasteiger partial charge on any atom is -0.490 e. The number of hydrogen-bond donors (Lipinski definition) is 0. The Balaban J connectivity index is 1.21. The molecule has 10 nitrogen and oxygen atoms in total. The molecule has 2 atom stereocenters. The summed E-state index contributed by atoms with van der Waals surface area (Å²) in [6.45, 7) is 8.31. The number of fused-ring (bicyclic) bond motifs is 4. The molecule has 1 saturated heterocycles. The smallest absolute Gasteiger partial charge is 0.350 e. The van der Waals surface area contributed by atoms with Crippen LogP contribution in [0.4, 0.5) is 0 Å². The van der Waals surface area contributed by atoms with E-state index in [4.69, 9.17) is 41.7 Å². The van der Waals surface area contributed by atoms with Crippen molar-refractivity contribution in [3.63, 3.8) is 0 Å². The van der Waals surface area contributed by atoms with E-state index in [-0.39, 0.29) is 6.61 Å². The second-order valence-corrected chi connectivity index (χ2v) is 11.2. The normalized spacial score (nSPS) is 20.4. The van der Waals surface area contributed by atoms with Crippen LogP contribution in [0, 0.1) is 0 Å². The second-order valence-electron chi connectivity index (χ2n) is 11.2. The largest absolute Gasteiger partial charge is 0.490 e. The summed E-state index contributed by atoms with van der Waals surface area (Å²) in [5.41, 5.74) is 1.91. The van der Waals surface area contributed by atoms with Gasteiger partial charge in [-0.2, -0.15) is 0 Å². The molecule has 5 heterocycles. The maximum atomic E-state index is 11.9. The van der Waals surface area contributed by atoms with Crippen molar-refractivity contribution < 1.29 is 41.7 Å². The molecule has 0 bridgehead atoms. The minimum absolute atomic E-state index is 0.0999. The summed E-state index contributed by atoms with van der Waals surface area (Å²) in [6, 6.07) is 8.34. The van der Waals surface area contributed by atoms with Gasteiger partial charge in [0.2, 0.25) is 5.75 Å². The standard InChI is InChI=1S/C33H30O10/c1-18(2)9-13-37-28-21-8-12-33(42-30(21)31(35-5)29-22(28)11-15-38-29)41-25(32(3,4)43-33)17-39-27-19-6-7-26(34)40-24(19)16-23-20(27)10-14-36-23/h6-12,14-16,25H,13,17H2,1-5H3. The summed E-state index contributed by atoms with van der Waals surface area (Å²) < 4.78 is 54.4. The minimum atomic E-state index is -1.56. The molecule has 0 radical (unpaired) electrons. The van der Waals surface area contributed by atoms with Gasteiger partial charge in [-0.15, -0.1) is 0 Å². The van der Waals surface area contributed by atoms with E-state index in [9.17, 15) is 4.79 Å². The maximum Gasteiger partial charge on any atom is 0.350 e. The molecule has 0 aliphatic carbocycles. The summed E-state index contributed by atoms with van der Waals surface area (Å²) in [5.74, 6) is 0.327. The number of methoxy groups -OCH3 is 1. The van der Waals surface area contributed by atoms with Crippen molar-refractivity contribution in [1.29, 1.82) is 0 Å². The van der Waals surface area contributed by atoms with Gasteiger partial charge >= 0.3 is 11.6 Å². The molecule has 10 heteroatoms. The van der Waals surface area contributed by atoms with Crippen LogP contribution in [0.2, 0.25) is 0 Å². The molecular formula is C33H30O10. The first-order valence-corrected chi connectivity index (χ1v) is 13.9. The number of hydrogen-bond acceptors (Lipinski definition) is 10. The molecule has 5 aromatic rings. The highest BCUT2D eigenvalue weighted by atomic mass is 16.9. The molecule has 0 N–H and O–H groups in total. The highest BCUT2D eigenvalue weighted by molar-refractivity contribution is 6.01. The van der Waals surface area contributed by atoms with Gasteiger partial charge in [-0.25, -0.2) is 4.79 Å². The predicted octanol–water partition coefficient (Wildman–Crippen LogP) is 6.97. The molecule has 2 aliphatic rings. The lowest BCUT2D eigenvalue weighted by Gasteiger charge is -2.31. The van der Waals surface area contributed by atoms with E-state index in [2.05, 4.69) is 0 Å². The Labute approximate surface area is 245 Å². The van der Waals surface area contributed by atoms with Crippen molar-refractivity contribution in [2.75, 3.05) is 20.3 Å². The average molecular weight is 587 g/mol. The Bertz CT molecular complexity index is 1980. The number of allylic oxidation sites excluding steroid dienone is 1. The first kappa shape index (κ1) is 27.2. The van der Waals surface area contributed by atoms with Crippen LogP contribution in [-0.2, 0) is 9.47 Å². The van der Waals surface area contributed by atoms with E-state index in [1.54, 1.807) is 43.9 Å². The van der Waals surface area contributed by atoms with Crippen molar-refractivity contribution in [3.8, 4) is 23.0 Å². The lowest BCUT2D eigenvalue weighted by molar-refractivity contribution is -0.271. The van der Waals surface area contributed by atoms with Crippen molar-refractivity contribution in [3.05, 3.63) is 76.6 Å². The SMILES string of the molecule is COc1c2c(c(OCC=C(C)C)c3ccoc13)C=CC1(O2)OC(COc2c3ccoc3cc3oc(=O)ccc23)C(C)(C)O1. The third-order valence-corrected chi connectivity index (χ3v) is 7.61. The topological polar surface area (TPSA) is 112 Å². The van der Waals surface area contributed by atoms with Gasteiger partial charge in [0.05, 0.1) is 47.0 Å². The zero-order chi connectivity index (χ0) is 29.9. The molecule has 2 aromatic carbocycles. The summed E-state index contributed by atoms with van der Waals surface area (Å²) in [6.07, 6.45) is 8.14. The maximum absolute atomic E-state index is 11.9. The van der Waals surface area contributed by atoms with E-state index in [1.165, 1.54) is 6.07 Å². The van der Waals surface area contributed by atoms with Crippen LogP contribution in [-0.4, -0.2) is 38.0 Å². The van der Waals surface area contributed by atoms with Gasteiger partial charge < -0.3 is 41.7 Å². The predicted molar refractivity (Wildman–Crippen MR) is 158 cm³/mol. The fourth-order valence-electron chi connectivity index (χ4n) is 5.46. The van der Waals surface area contributed by atoms with Crippen molar-refractivity contribution >= 4 is 39.0 Å². The van der Waals surface area contributed by atoms with Crippen molar-refractivity contribution in [2.24, 2.45) is 0 Å². The fourth-order valence-corrected chi connectivity index (χ4v) is 5.46. The van der Waals surface area contributed by atoms with Gasteiger partial charge in [-0.05, 0) is 58.0 Å². The van der Waals surface area contributed by atoms with E-state index < -0.39 is 23.3 Å². The zero-order valence-electron chi connectivity index (χ0n) is 24.3. The van der Waals surface area contributed by atoms with Gasteiger partial charge in [-0.1, -0.05) is 5.57 Å². The molecule has 0 amide bonds. The zero-order valence-corrected chi connectivity index (χ0v) is 24.3. The molecule has 222 valence electrons. The Morgan fingerprint density at radius 2 is 1.74 bits per heavy atom. The molecular weight excluding hydrogens is 556 g/mol. The number of benzene rings is 2. The summed E-state index contributed by atoms with van der Waals surface area (Å²) in [4.78, 5) is 11.9. The quantitative estimate of drug-likeness (QED) is 0.146. The first-order valence-electron chi connectivity index (χ1n) is 13.9. The Hall–Kier alpha value is -4.67. The first-order chi connectivity index (χ1) is 20.7. The van der Waals surface area contributed by atoms with Crippen LogP contribution in [0.15, 0.2) is 78.6 Å². The molecule has 2 unspecified atom stereocenters. The molecule has 0 saturated carbocycles. The number of rotatable bonds is 7.